The lowest BCUT2D eigenvalue weighted by atomic mass is 10.2. The topological polar surface area (TPSA) is 0 Å². The molecule has 0 aliphatic rings. The predicted octanol–water partition coefficient (Wildman–Crippen LogP) is 2.54. The molecule has 234 valence electrons. The molecule has 0 saturated carbocycles. The van der Waals surface area contributed by atoms with Gasteiger partial charge in [-0.25, -0.2) is 0 Å². The van der Waals surface area contributed by atoms with Gasteiger partial charge in [0, 0.05) is 0 Å². The lowest BCUT2D eigenvalue weighted by Gasteiger charge is -2.28. The van der Waals surface area contributed by atoms with Crippen LogP contribution in [0.4, 0.5) is 0 Å². The predicted molar refractivity (Wildman–Crippen MR) is 198 cm³/mol. The molecule has 0 spiro atoms. The van der Waals surface area contributed by atoms with Crippen molar-refractivity contribution in [1.82, 2.24) is 0 Å². The van der Waals surface area contributed by atoms with Crippen LogP contribution in [0.3, 0.4) is 0 Å². The summed E-state index contributed by atoms with van der Waals surface area (Å²) in [5.41, 5.74) is 0. The van der Waals surface area contributed by atoms with Crippen molar-refractivity contribution in [2.45, 2.75) is 25.7 Å². The largest absolute Gasteiger partial charge is 1.00 e. The van der Waals surface area contributed by atoms with Gasteiger partial charge in [-0.15, -0.1) is 0 Å². The van der Waals surface area contributed by atoms with Crippen LogP contribution in [0.2, 0.25) is 0 Å². The molecule has 0 aromatic heterocycles. The first-order valence-corrected chi connectivity index (χ1v) is 19.9. The molecule has 6 rings (SSSR count). The number of benzene rings is 6. The van der Waals surface area contributed by atoms with Crippen molar-refractivity contribution in [3.8, 4) is 0 Å². The van der Waals surface area contributed by atoms with Crippen LogP contribution in [0.5, 0.6) is 0 Å². The third kappa shape index (κ3) is 8.01. The van der Waals surface area contributed by atoms with Gasteiger partial charge >= 0.3 is 0 Å². The number of hydrogen-bond acceptors (Lipinski definition) is 0. The van der Waals surface area contributed by atoms with E-state index in [9.17, 15) is 0 Å². The SMILES string of the molecule is [I-].[I-].c1ccc([P+](CCCCCC[P+](c2ccccc2)(c2ccccc2)c2ccccc2)(c2ccccc2)c2ccccc2)cc1. The molecule has 0 bridgehead atoms. The van der Waals surface area contributed by atoms with Crippen LogP contribution in [0.25, 0.3) is 0 Å². The van der Waals surface area contributed by atoms with Crippen LogP contribution in [0, 0.1) is 0 Å². The Morgan fingerprint density at radius 2 is 0.413 bits per heavy atom. The van der Waals surface area contributed by atoms with Crippen LogP contribution in [0.1, 0.15) is 25.7 Å². The highest BCUT2D eigenvalue weighted by Crippen LogP contribution is 2.57. The summed E-state index contributed by atoms with van der Waals surface area (Å²) in [5.74, 6) is 0. The monoisotopic (exact) mass is 862 g/mol. The lowest BCUT2D eigenvalue weighted by molar-refractivity contribution is -0.00100. The molecule has 0 fully saturated rings. The molecular weight excluding hydrogens is 820 g/mol. The minimum atomic E-state index is -1.77. The van der Waals surface area contributed by atoms with Gasteiger partial charge in [-0.05, 0) is 98.5 Å². The molecule has 0 N–H and O–H groups in total. The quantitative estimate of drug-likeness (QED) is 0.0954. The van der Waals surface area contributed by atoms with Crippen molar-refractivity contribution < 1.29 is 48.0 Å². The second kappa shape index (κ2) is 18.3. The van der Waals surface area contributed by atoms with Gasteiger partial charge in [0.2, 0.25) is 0 Å². The maximum atomic E-state index is 2.37. The molecule has 6 aromatic rings. The first-order chi connectivity index (χ1) is 21.8. The minimum absolute atomic E-state index is 0. The molecule has 6 aromatic carbocycles. The summed E-state index contributed by atoms with van der Waals surface area (Å²) >= 11 is 0. The lowest BCUT2D eigenvalue weighted by Crippen LogP contribution is -3.00. The molecule has 0 amide bonds. The van der Waals surface area contributed by atoms with Gasteiger partial charge in [0.15, 0.2) is 0 Å². The smallest absolute Gasteiger partial charge is 0.112 e. The highest BCUT2D eigenvalue weighted by atomic mass is 127. The number of hydrogen-bond donors (Lipinski definition) is 0. The van der Waals surface area contributed by atoms with E-state index in [4.69, 9.17) is 0 Å². The van der Waals surface area contributed by atoms with E-state index in [0.717, 1.165) is 0 Å². The van der Waals surface area contributed by atoms with Crippen molar-refractivity contribution >= 4 is 46.4 Å². The van der Waals surface area contributed by atoms with E-state index in [2.05, 4.69) is 182 Å². The van der Waals surface area contributed by atoms with Crippen molar-refractivity contribution in [1.29, 1.82) is 0 Å². The Labute approximate surface area is 311 Å². The minimum Gasteiger partial charge on any atom is -1.00 e. The molecule has 46 heavy (non-hydrogen) atoms. The second-order valence-electron chi connectivity index (χ2n) is 11.5. The summed E-state index contributed by atoms with van der Waals surface area (Å²) in [6.07, 6.45) is 7.32. The summed E-state index contributed by atoms with van der Waals surface area (Å²) in [6.45, 7) is 0. The number of halogens is 2. The fraction of sp³-hybridized carbons (Fsp3) is 0.143. The standard InChI is InChI=1S/C42H42P2.2HI/c1(21-35-43(37-23-9-3-10-24-37,38-25-11-4-12-26-38)39-27-13-5-14-28-39)2-22-36-44(40-29-15-6-16-30-40,41-31-17-7-18-32-41)42-33-19-8-20-34-42;;/h3-20,23-34H,1-2,21-22,35-36H2;2*1H/q+2;;/p-2. The maximum Gasteiger partial charge on any atom is 0.112 e. The van der Waals surface area contributed by atoms with Crippen LogP contribution in [-0.4, -0.2) is 12.3 Å². The molecular formula is C42H42I2P2. The Bertz CT molecular complexity index is 1360. The molecule has 0 unspecified atom stereocenters. The second-order valence-corrected chi connectivity index (χ2v) is 18.7. The molecule has 0 heterocycles. The third-order valence-corrected chi connectivity index (χ3v) is 18.0. The zero-order valence-corrected chi connectivity index (χ0v) is 32.3. The van der Waals surface area contributed by atoms with Crippen molar-refractivity contribution in [2.75, 3.05) is 12.3 Å². The highest BCUT2D eigenvalue weighted by Gasteiger charge is 2.46. The molecule has 0 radical (unpaired) electrons. The van der Waals surface area contributed by atoms with Crippen LogP contribution in [-0.2, 0) is 0 Å². The van der Waals surface area contributed by atoms with Gasteiger partial charge in [-0.2, -0.15) is 0 Å². The Morgan fingerprint density at radius 1 is 0.239 bits per heavy atom. The Balaban J connectivity index is 0.00000240. The first kappa shape index (κ1) is 36.5. The summed E-state index contributed by atoms with van der Waals surface area (Å²) < 4.78 is 0. The van der Waals surface area contributed by atoms with Crippen LogP contribution < -0.4 is 79.8 Å². The van der Waals surface area contributed by atoms with Gasteiger partial charge in [0.05, 0.1) is 12.3 Å². The van der Waals surface area contributed by atoms with Gasteiger partial charge in [-0.3, -0.25) is 0 Å². The van der Waals surface area contributed by atoms with E-state index in [1.165, 1.54) is 69.8 Å². The highest BCUT2D eigenvalue weighted by molar-refractivity contribution is 7.96. The zero-order chi connectivity index (χ0) is 29.9. The molecule has 0 aliphatic heterocycles. The average Bonchev–Trinajstić information content (AvgIpc) is 3.12. The fourth-order valence-corrected chi connectivity index (χ4v) is 15.6. The summed E-state index contributed by atoms with van der Waals surface area (Å²) in [6, 6.07) is 67.9. The average molecular weight is 863 g/mol. The van der Waals surface area contributed by atoms with E-state index < -0.39 is 14.5 Å². The van der Waals surface area contributed by atoms with Crippen molar-refractivity contribution in [3.63, 3.8) is 0 Å². The Hall–Kier alpha value is -2.36. The molecule has 0 atom stereocenters. The Morgan fingerprint density at radius 3 is 0.587 bits per heavy atom. The Kier molecular flexibility index (Phi) is 14.5. The van der Waals surface area contributed by atoms with Crippen molar-refractivity contribution in [2.24, 2.45) is 0 Å². The summed E-state index contributed by atoms with van der Waals surface area (Å²) in [7, 11) is -3.54. The van der Waals surface area contributed by atoms with Crippen molar-refractivity contribution in [3.05, 3.63) is 182 Å². The van der Waals surface area contributed by atoms with Gasteiger partial charge in [0.1, 0.15) is 46.4 Å². The normalized spacial score (nSPS) is 11.2. The zero-order valence-electron chi connectivity index (χ0n) is 26.2. The first-order valence-electron chi connectivity index (χ1n) is 15.9. The van der Waals surface area contributed by atoms with E-state index >= 15 is 0 Å². The van der Waals surface area contributed by atoms with E-state index in [1.54, 1.807) is 0 Å². The molecule has 0 aliphatic carbocycles. The summed E-state index contributed by atoms with van der Waals surface area (Å²) in [5, 5.41) is 8.91. The van der Waals surface area contributed by atoms with Crippen LogP contribution in [0.15, 0.2) is 182 Å². The maximum absolute atomic E-state index is 2.37. The van der Waals surface area contributed by atoms with E-state index in [1.807, 2.05) is 0 Å². The van der Waals surface area contributed by atoms with Gasteiger partial charge in [0.25, 0.3) is 0 Å². The van der Waals surface area contributed by atoms with Gasteiger partial charge in [-0.1, -0.05) is 109 Å². The molecule has 4 heteroatoms. The molecule has 0 saturated heterocycles. The van der Waals surface area contributed by atoms with Gasteiger partial charge < -0.3 is 48.0 Å². The third-order valence-electron chi connectivity index (χ3n) is 8.92. The number of unbranched alkanes of at least 4 members (excludes halogenated alkanes) is 3. The fourth-order valence-electron chi connectivity index (χ4n) is 6.82. The van der Waals surface area contributed by atoms with Crippen LogP contribution >= 0.6 is 14.5 Å². The van der Waals surface area contributed by atoms with E-state index in [0.29, 0.717) is 0 Å². The van der Waals surface area contributed by atoms with E-state index in [-0.39, 0.29) is 48.0 Å². The number of rotatable bonds is 13. The summed E-state index contributed by atoms with van der Waals surface area (Å²) in [4.78, 5) is 0. The molecule has 0 nitrogen and oxygen atoms in total.